The zero-order valence-corrected chi connectivity index (χ0v) is 4.15. The largest absolute Gasteiger partial charge is 0.412 e. The molecular formula is C3H13NO2. The summed E-state index contributed by atoms with van der Waals surface area (Å²) in [5.74, 6) is 0. The predicted octanol–water partition coefficient (Wildman–Crippen LogP) is -1.30. The van der Waals surface area contributed by atoms with E-state index in [1.807, 2.05) is 13.8 Å². The van der Waals surface area contributed by atoms with Gasteiger partial charge in [-0.15, -0.1) is 0 Å². The van der Waals surface area contributed by atoms with Gasteiger partial charge in [0.15, 0.2) is 0 Å². The van der Waals surface area contributed by atoms with Gasteiger partial charge in [0.2, 0.25) is 0 Å². The van der Waals surface area contributed by atoms with Crippen LogP contribution in [0.15, 0.2) is 0 Å². The van der Waals surface area contributed by atoms with Crippen LogP contribution in [0.5, 0.6) is 0 Å². The van der Waals surface area contributed by atoms with E-state index in [4.69, 9.17) is 5.73 Å². The molecule has 0 fully saturated rings. The summed E-state index contributed by atoms with van der Waals surface area (Å²) >= 11 is 0. The van der Waals surface area contributed by atoms with Crippen LogP contribution in [0.3, 0.4) is 0 Å². The number of hydrogen-bond donors (Lipinski definition) is 1. The maximum absolute atomic E-state index is 5.11. The Morgan fingerprint density at radius 2 is 1.17 bits per heavy atom. The van der Waals surface area contributed by atoms with Crippen LogP contribution in [0.1, 0.15) is 13.8 Å². The van der Waals surface area contributed by atoms with Crippen molar-refractivity contribution in [3.05, 3.63) is 0 Å². The molecule has 0 spiro atoms. The lowest BCUT2D eigenvalue weighted by atomic mass is 10.5. The van der Waals surface area contributed by atoms with Gasteiger partial charge >= 0.3 is 0 Å². The van der Waals surface area contributed by atoms with Gasteiger partial charge in [-0.25, -0.2) is 0 Å². The fourth-order valence-corrected chi connectivity index (χ4v) is 0. The van der Waals surface area contributed by atoms with Crippen molar-refractivity contribution < 1.29 is 11.0 Å². The van der Waals surface area contributed by atoms with Crippen molar-refractivity contribution in [1.82, 2.24) is 0 Å². The van der Waals surface area contributed by atoms with Crippen LogP contribution < -0.4 is 5.73 Å². The van der Waals surface area contributed by atoms with Crippen LogP contribution in [0.4, 0.5) is 0 Å². The van der Waals surface area contributed by atoms with Crippen molar-refractivity contribution in [3.8, 4) is 0 Å². The van der Waals surface area contributed by atoms with Gasteiger partial charge in [-0.1, -0.05) is 13.8 Å². The van der Waals surface area contributed by atoms with Crippen molar-refractivity contribution in [2.75, 3.05) is 0 Å². The monoisotopic (exact) mass is 95.1 g/mol. The Labute approximate surface area is 37.8 Å². The minimum absolute atomic E-state index is 0. The van der Waals surface area contributed by atoms with Crippen LogP contribution in [0, 0.1) is 0 Å². The Bertz CT molecular complexity index is 13.5. The molecule has 0 bridgehead atoms. The van der Waals surface area contributed by atoms with Crippen molar-refractivity contribution in [2.24, 2.45) is 5.73 Å². The number of nitrogens with two attached hydrogens (primary N) is 1. The highest BCUT2D eigenvalue weighted by Crippen LogP contribution is 1.58. The molecule has 0 rings (SSSR count). The Hall–Kier alpha value is -0.120. The topological polar surface area (TPSA) is 89.0 Å². The van der Waals surface area contributed by atoms with Gasteiger partial charge in [-0.05, 0) is 6.04 Å². The molecule has 42 valence electrons. The van der Waals surface area contributed by atoms with E-state index < -0.39 is 0 Å². The number of hydrogen-bond acceptors (Lipinski definition) is 1. The summed E-state index contributed by atoms with van der Waals surface area (Å²) in [7, 11) is 0. The van der Waals surface area contributed by atoms with Crippen LogP contribution in [-0.4, -0.2) is 17.0 Å². The summed E-state index contributed by atoms with van der Waals surface area (Å²) in [5.41, 5.74) is 5.11. The summed E-state index contributed by atoms with van der Waals surface area (Å²) in [5, 5.41) is 0. The normalized spacial score (nSPS) is 6.00. The Balaban J connectivity index is -0.0000000450. The zero-order chi connectivity index (χ0) is 3.58. The highest BCUT2D eigenvalue weighted by Gasteiger charge is 1.67. The minimum Gasteiger partial charge on any atom is -0.412 e. The molecule has 6 heavy (non-hydrogen) atoms. The average molecular weight is 95.1 g/mol. The van der Waals surface area contributed by atoms with Crippen LogP contribution in [0.25, 0.3) is 0 Å². The molecule has 3 heteroatoms. The zero-order valence-electron chi connectivity index (χ0n) is 4.15. The fourth-order valence-electron chi connectivity index (χ4n) is 0. The molecule has 6 N–H and O–H groups in total. The van der Waals surface area contributed by atoms with Gasteiger partial charge < -0.3 is 16.7 Å². The molecule has 0 radical (unpaired) electrons. The molecular weight excluding hydrogens is 82.0 g/mol. The second-order valence-corrected chi connectivity index (χ2v) is 1.24. The van der Waals surface area contributed by atoms with E-state index >= 15 is 0 Å². The SMILES string of the molecule is CC(C)N.O.O. The van der Waals surface area contributed by atoms with Crippen molar-refractivity contribution in [3.63, 3.8) is 0 Å². The van der Waals surface area contributed by atoms with Crippen molar-refractivity contribution in [2.45, 2.75) is 19.9 Å². The lowest BCUT2D eigenvalue weighted by Gasteiger charge is -1.81. The smallest absolute Gasteiger partial charge is 0.00179 e. The van der Waals surface area contributed by atoms with Crippen LogP contribution in [-0.2, 0) is 0 Å². The predicted molar refractivity (Wildman–Crippen MR) is 26.6 cm³/mol. The molecule has 0 saturated heterocycles. The summed E-state index contributed by atoms with van der Waals surface area (Å²) in [6, 6.07) is 0.333. The molecule has 0 saturated carbocycles. The maximum Gasteiger partial charge on any atom is -0.00179 e. The highest BCUT2D eigenvalue weighted by atomic mass is 16.0. The van der Waals surface area contributed by atoms with E-state index in [1.54, 1.807) is 0 Å². The molecule has 0 unspecified atom stereocenters. The fraction of sp³-hybridized carbons (Fsp3) is 1.00. The van der Waals surface area contributed by atoms with E-state index in [0.29, 0.717) is 6.04 Å². The van der Waals surface area contributed by atoms with Gasteiger partial charge in [-0.2, -0.15) is 0 Å². The molecule has 0 aliphatic carbocycles. The lowest BCUT2D eigenvalue weighted by molar-refractivity contribution is 0.823. The lowest BCUT2D eigenvalue weighted by Crippen LogP contribution is -2.06. The Morgan fingerprint density at radius 1 is 1.17 bits per heavy atom. The van der Waals surface area contributed by atoms with Gasteiger partial charge in [0.25, 0.3) is 0 Å². The van der Waals surface area contributed by atoms with E-state index in [-0.39, 0.29) is 11.0 Å². The highest BCUT2D eigenvalue weighted by molar-refractivity contribution is 4.32. The third kappa shape index (κ3) is 2230. The molecule has 0 amide bonds. The van der Waals surface area contributed by atoms with E-state index in [2.05, 4.69) is 0 Å². The van der Waals surface area contributed by atoms with Crippen molar-refractivity contribution >= 4 is 0 Å². The molecule has 0 aromatic rings. The van der Waals surface area contributed by atoms with Crippen LogP contribution >= 0.6 is 0 Å². The number of rotatable bonds is 0. The first kappa shape index (κ1) is 16.9. The minimum atomic E-state index is 0. The summed E-state index contributed by atoms with van der Waals surface area (Å²) in [4.78, 5) is 0. The molecule has 0 atom stereocenters. The van der Waals surface area contributed by atoms with E-state index in [1.165, 1.54) is 0 Å². The molecule has 0 heterocycles. The molecule has 0 aromatic heterocycles. The van der Waals surface area contributed by atoms with Gasteiger partial charge in [0, 0.05) is 0 Å². The van der Waals surface area contributed by atoms with E-state index in [0.717, 1.165) is 0 Å². The van der Waals surface area contributed by atoms with Gasteiger partial charge in [-0.3, -0.25) is 0 Å². The summed E-state index contributed by atoms with van der Waals surface area (Å²) < 4.78 is 0. The van der Waals surface area contributed by atoms with Gasteiger partial charge in [0.05, 0.1) is 0 Å². The Kier molecular flexibility index (Phi) is 24.9. The second-order valence-electron chi connectivity index (χ2n) is 1.24. The first-order valence-corrected chi connectivity index (χ1v) is 1.49. The first-order valence-electron chi connectivity index (χ1n) is 1.49. The molecule has 0 aliphatic heterocycles. The maximum atomic E-state index is 5.11. The Morgan fingerprint density at radius 3 is 1.17 bits per heavy atom. The third-order valence-corrected chi connectivity index (χ3v) is 0. The second kappa shape index (κ2) is 8.86. The molecule has 3 nitrogen and oxygen atoms in total. The third-order valence-electron chi connectivity index (χ3n) is 0. The summed E-state index contributed by atoms with van der Waals surface area (Å²) in [6.45, 7) is 3.89. The van der Waals surface area contributed by atoms with Gasteiger partial charge in [0.1, 0.15) is 0 Å². The van der Waals surface area contributed by atoms with Crippen molar-refractivity contribution in [1.29, 1.82) is 0 Å². The quantitative estimate of drug-likeness (QED) is 0.398. The van der Waals surface area contributed by atoms with Crippen LogP contribution in [0.2, 0.25) is 0 Å². The molecule has 0 aliphatic rings. The summed E-state index contributed by atoms with van der Waals surface area (Å²) in [6.07, 6.45) is 0. The first-order chi connectivity index (χ1) is 1.73. The molecule has 0 aromatic carbocycles. The standard InChI is InChI=1S/C3H9N.2H2O/c1-3(2)4;;/h3H,4H2,1-2H3;2*1H2. The average Bonchev–Trinajstić information content (AvgIpc) is 0.811. The van der Waals surface area contributed by atoms with E-state index in [9.17, 15) is 0 Å².